The Bertz CT molecular complexity index is 300. The van der Waals surface area contributed by atoms with E-state index in [0.29, 0.717) is 5.25 Å². The van der Waals surface area contributed by atoms with E-state index in [1.165, 1.54) is 88.4 Å². The molecule has 22 heavy (non-hydrogen) atoms. The first-order valence-electron chi connectivity index (χ1n) is 8.83. The molecule has 0 aromatic rings. The van der Waals surface area contributed by atoms with Crippen LogP contribution in [-0.2, 0) is 16.3 Å². The van der Waals surface area contributed by atoms with Gasteiger partial charge in [0.25, 0.3) is 0 Å². The van der Waals surface area contributed by atoms with Gasteiger partial charge in [-0.15, -0.1) is 11.4 Å². The summed E-state index contributed by atoms with van der Waals surface area (Å²) in [6.07, 6.45) is 17.4. The number of hydrogen-bond donors (Lipinski definition) is 0. The molecular weight excluding hydrogens is 358 g/mol. The predicted molar refractivity (Wildman–Crippen MR) is 95.2 cm³/mol. The summed E-state index contributed by atoms with van der Waals surface area (Å²) >= 11 is 6.86. The molecule has 0 aromatic carbocycles. The van der Waals surface area contributed by atoms with E-state index in [1.54, 1.807) is 0 Å². The van der Waals surface area contributed by atoms with E-state index in [1.807, 2.05) is 0 Å². The molecule has 2 saturated carbocycles. The first kappa shape index (κ1) is 22.6. The Morgan fingerprint density at radius 1 is 0.773 bits per heavy atom. The normalized spacial score (nSPS) is 25.9. The van der Waals surface area contributed by atoms with Crippen LogP contribution >= 0.6 is 17.1 Å². The van der Waals surface area contributed by atoms with E-state index in [4.69, 9.17) is 16.3 Å². The molecule has 0 aliphatic heterocycles. The van der Waals surface area contributed by atoms with E-state index < -0.39 is 5.69 Å². The quantitative estimate of drug-likeness (QED) is 0.547. The summed E-state index contributed by atoms with van der Waals surface area (Å²) in [5, 5.41) is 0.460. The molecule has 2 aliphatic rings. The van der Waals surface area contributed by atoms with Crippen LogP contribution in [0.15, 0.2) is 0 Å². The zero-order valence-electron chi connectivity index (χ0n) is 14.1. The molecule has 0 aromatic heterocycles. The average molecular weight is 389 g/mol. The molecular formula is C16H30KO2PS2. The summed E-state index contributed by atoms with van der Waals surface area (Å²) in [5.74, 6) is 0. The van der Waals surface area contributed by atoms with Crippen LogP contribution in [0.4, 0.5) is 0 Å². The van der Waals surface area contributed by atoms with Crippen molar-refractivity contribution in [3.8, 4) is 0 Å². The molecule has 124 valence electrons. The summed E-state index contributed by atoms with van der Waals surface area (Å²) in [5.41, 5.74) is -2.90. The van der Waals surface area contributed by atoms with Crippen LogP contribution < -0.4 is 56.3 Å². The van der Waals surface area contributed by atoms with E-state index in [0.717, 1.165) is 12.8 Å². The van der Waals surface area contributed by atoms with Crippen molar-refractivity contribution in [1.29, 1.82) is 0 Å². The predicted octanol–water partition coefficient (Wildman–Crippen LogP) is 2.55. The van der Waals surface area contributed by atoms with Crippen LogP contribution in [0.5, 0.6) is 0 Å². The molecule has 0 radical (unpaired) electrons. The Kier molecular flexibility index (Phi) is 13.2. The van der Waals surface area contributed by atoms with Gasteiger partial charge >= 0.3 is 51.4 Å². The fourth-order valence-electron chi connectivity index (χ4n) is 3.44. The van der Waals surface area contributed by atoms with Crippen LogP contribution in [-0.4, -0.2) is 11.4 Å². The van der Waals surface area contributed by atoms with Gasteiger partial charge in [-0.25, -0.2) is 0 Å². The van der Waals surface area contributed by atoms with Gasteiger partial charge in [-0.2, -0.15) is 0 Å². The first-order valence-corrected chi connectivity index (χ1v) is 13.0. The third-order valence-corrected chi connectivity index (χ3v) is 9.20. The maximum absolute atomic E-state index is 12.7. The van der Waals surface area contributed by atoms with Gasteiger partial charge in [0.05, 0.1) is 6.10 Å². The third-order valence-electron chi connectivity index (χ3n) is 4.66. The molecule has 0 saturated heterocycles. The van der Waals surface area contributed by atoms with Gasteiger partial charge in [0.2, 0.25) is 0 Å². The fraction of sp³-hybridized carbons (Fsp3) is 1.00. The molecule has 1 atom stereocenters. The fourth-order valence-corrected chi connectivity index (χ4v) is 8.68. The second kappa shape index (κ2) is 12.8. The molecule has 2 aliphatic carbocycles. The molecule has 2 fully saturated rings. The van der Waals surface area contributed by atoms with Gasteiger partial charge in [0.1, 0.15) is 0 Å². The maximum Gasteiger partial charge on any atom is 1.00 e. The van der Waals surface area contributed by atoms with Crippen molar-refractivity contribution in [2.45, 2.75) is 101 Å². The Labute approximate surface area is 188 Å². The van der Waals surface area contributed by atoms with Gasteiger partial charge in [-0.3, -0.25) is 0 Å². The third kappa shape index (κ3) is 9.89. The molecule has 0 spiro atoms. The van der Waals surface area contributed by atoms with Crippen molar-refractivity contribution in [2.75, 3.05) is 0 Å². The SMILES string of the molecule is [K+].[O-]P(=S)(OC1CCCCCCC1)SC1CCCCCCC1. The average Bonchev–Trinajstić information content (AvgIpc) is 2.35. The van der Waals surface area contributed by atoms with Crippen LogP contribution in [0.1, 0.15) is 89.9 Å². The van der Waals surface area contributed by atoms with E-state index in [9.17, 15) is 4.89 Å². The smallest absolute Gasteiger partial charge is 0.793 e. The summed E-state index contributed by atoms with van der Waals surface area (Å²) < 4.78 is 5.92. The zero-order valence-corrected chi connectivity index (χ0v) is 19.8. The summed E-state index contributed by atoms with van der Waals surface area (Å²) in [6.45, 7) is 0. The van der Waals surface area contributed by atoms with Gasteiger partial charge in [0, 0.05) is 10.9 Å². The number of rotatable bonds is 4. The molecule has 0 heterocycles. The molecule has 2 nitrogen and oxygen atoms in total. The van der Waals surface area contributed by atoms with Crippen molar-refractivity contribution in [3.05, 3.63) is 0 Å². The Morgan fingerprint density at radius 2 is 1.18 bits per heavy atom. The summed E-state index contributed by atoms with van der Waals surface area (Å²) in [4.78, 5) is 12.7. The Morgan fingerprint density at radius 3 is 1.68 bits per heavy atom. The standard InChI is InChI=1S/C16H31O2PS2.K/c17-19(20,18-15-11-7-3-1-4-8-12-15)21-16-13-9-5-2-6-10-14-16;/h15-16H,1-14H2,(H,17,20);/q;+1/p-1. The monoisotopic (exact) mass is 388 g/mol. The Balaban J connectivity index is 0.00000242. The first-order chi connectivity index (χ1) is 10.2. The van der Waals surface area contributed by atoms with Crippen molar-refractivity contribution >= 4 is 28.9 Å². The molecule has 1 unspecified atom stereocenters. The van der Waals surface area contributed by atoms with Crippen LogP contribution in [0.2, 0.25) is 0 Å². The molecule has 6 heteroatoms. The van der Waals surface area contributed by atoms with Crippen LogP contribution in [0, 0.1) is 0 Å². The van der Waals surface area contributed by atoms with Gasteiger partial charge in [-0.1, -0.05) is 76.0 Å². The maximum atomic E-state index is 12.7. The summed E-state index contributed by atoms with van der Waals surface area (Å²) in [7, 11) is 0. The minimum absolute atomic E-state index is 0. The van der Waals surface area contributed by atoms with Crippen molar-refractivity contribution in [1.82, 2.24) is 0 Å². The van der Waals surface area contributed by atoms with Gasteiger partial charge in [-0.05, 0) is 25.7 Å². The molecule has 2 rings (SSSR count). The topological polar surface area (TPSA) is 32.3 Å². The van der Waals surface area contributed by atoms with Crippen molar-refractivity contribution < 1.29 is 60.8 Å². The van der Waals surface area contributed by atoms with Crippen molar-refractivity contribution in [2.24, 2.45) is 0 Å². The van der Waals surface area contributed by atoms with Gasteiger partial charge in [0.15, 0.2) is 0 Å². The minimum atomic E-state index is -2.90. The van der Waals surface area contributed by atoms with E-state index >= 15 is 0 Å². The second-order valence-electron chi connectivity index (χ2n) is 6.59. The van der Waals surface area contributed by atoms with E-state index in [-0.39, 0.29) is 57.5 Å². The number of hydrogen-bond acceptors (Lipinski definition) is 4. The largest absolute Gasteiger partial charge is 1.00 e. The van der Waals surface area contributed by atoms with Crippen LogP contribution in [0.25, 0.3) is 0 Å². The molecule has 0 bridgehead atoms. The summed E-state index contributed by atoms with van der Waals surface area (Å²) in [6, 6.07) is 0. The van der Waals surface area contributed by atoms with Gasteiger partial charge < -0.3 is 9.42 Å². The van der Waals surface area contributed by atoms with Crippen LogP contribution in [0.3, 0.4) is 0 Å². The van der Waals surface area contributed by atoms with Crippen molar-refractivity contribution in [3.63, 3.8) is 0 Å². The van der Waals surface area contributed by atoms with E-state index in [2.05, 4.69) is 0 Å². The molecule has 0 amide bonds. The Hall–Kier alpha value is 2.56. The second-order valence-corrected chi connectivity index (χ2v) is 12.8. The molecule has 0 N–H and O–H groups in total. The zero-order chi connectivity index (χ0) is 15.0. The minimum Gasteiger partial charge on any atom is -0.793 e.